The smallest absolute Gasteiger partial charge is 0.127 e. The molecule has 0 spiro atoms. The van der Waals surface area contributed by atoms with Gasteiger partial charge in [0.1, 0.15) is 11.5 Å². The summed E-state index contributed by atoms with van der Waals surface area (Å²) in [6.45, 7) is 4.55. The predicted octanol–water partition coefficient (Wildman–Crippen LogP) is 2.31. The molecular weight excluding hydrogens is 206 g/mol. The van der Waals surface area contributed by atoms with Crippen molar-refractivity contribution in [2.45, 2.75) is 26.3 Å². The van der Waals surface area contributed by atoms with E-state index >= 15 is 0 Å². The van der Waals surface area contributed by atoms with Gasteiger partial charge in [0.05, 0.1) is 14.2 Å². The number of methoxy groups -OCH3 is 2. The van der Waals surface area contributed by atoms with E-state index in [1.54, 1.807) is 14.2 Å². The summed E-state index contributed by atoms with van der Waals surface area (Å²) in [5.41, 5.74) is 4.16. The van der Waals surface area contributed by atoms with E-state index in [4.69, 9.17) is 14.7 Å². The Labute approximate surface area is 96.1 Å². The molecule has 0 aliphatic heterocycles. The lowest BCUT2D eigenvalue weighted by Gasteiger charge is -2.16. The quantitative estimate of drug-likeness (QED) is 0.755. The molecule has 1 aromatic carbocycles. The van der Waals surface area contributed by atoms with Gasteiger partial charge >= 0.3 is 0 Å². The maximum absolute atomic E-state index is 8.76. The summed E-state index contributed by atoms with van der Waals surface area (Å²) in [5, 5.41) is 8.76. The van der Waals surface area contributed by atoms with Gasteiger partial charge in [-0.2, -0.15) is 0 Å². The largest absolute Gasteiger partial charge is 0.496 e. The molecule has 0 atom stereocenters. The van der Waals surface area contributed by atoms with Gasteiger partial charge in [0, 0.05) is 18.2 Å². The second-order valence-electron chi connectivity index (χ2n) is 3.90. The highest BCUT2D eigenvalue weighted by atomic mass is 16.5. The fourth-order valence-electron chi connectivity index (χ4n) is 1.67. The van der Waals surface area contributed by atoms with E-state index in [9.17, 15) is 0 Å². The van der Waals surface area contributed by atoms with Crippen molar-refractivity contribution in [1.29, 1.82) is 0 Å². The summed E-state index contributed by atoms with van der Waals surface area (Å²) in [5.74, 6) is 1.88. The minimum absolute atomic E-state index is 0.354. The first kappa shape index (κ1) is 12.8. The molecule has 4 heteroatoms. The number of nitrogens with one attached hydrogen (secondary N) is 1. The molecule has 0 saturated heterocycles. The molecule has 0 amide bonds. The van der Waals surface area contributed by atoms with Crippen LogP contribution in [0.1, 0.15) is 30.9 Å². The molecule has 4 nitrogen and oxygen atoms in total. The maximum atomic E-state index is 8.76. The van der Waals surface area contributed by atoms with Crippen LogP contribution in [0, 0.1) is 0 Å². The lowest BCUT2D eigenvalue weighted by Crippen LogP contribution is -2.09. The SMILES string of the molecule is COc1cc(OC)c(C(C)C)cc1CNO. The Bertz CT molecular complexity index is 350. The van der Waals surface area contributed by atoms with Gasteiger partial charge in [0.15, 0.2) is 0 Å². The minimum atomic E-state index is 0.354. The summed E-state index contributed by atoms with van der Waals surface area (Å²) in [7, 11) is 3.25. The average Bonchev–Trinajstić information content (AvgIpc) is 2.28. The van der Waals surface area contributed by atoms with Crippen LogP contribution in [0.15, 0.2) is 12.1 Å². The first-order valence-electron chi connectivity index (χ1n) is 5.25. The van der Waals surface area contributed by atoms with Crippen molar-refractivity contribution in [1.82, 2.24) is 5.48 Å². The normalized spacial score (nSPS) is 10.6. The molecule has 1 rings (SSSR count). The third-order valence-electron chi connectivity index (χ3n) is 2.52. The second-order valence-corrected chi connectivity index (χ2v) is 3.90. The van der Waals surface area contributed by atoms with E-state index in [-0.39, 0.29) is 0 Å². The van der Waals surface area contributed by atoms with Crippen LogP contribution in [0.3, 0.4) is 0 Å². The first-order chi connectivity index (χ1) is 7.63. The van der Waals surface area contributed by atoms with Crippen LogP contribution in [0.25, 0.3) is 0 Å². The van der Waals surface area contributed by atoms with Crippen LogP contribution < -0.4 is 15.0 Å². The molecular formula is C12H19NO3. The average molecular weight is 225 g/mol. The highest BCUT2D eigenvalue weighted by Gasteiger charge is 2.13. The van der Waals surface area contributed by atoms with Crippen LogP contribution in [-0.4, -0.2) is 19.4 Å². The summed E-state index contributed by atoms with van der Waals surface area (Å²) in [4.78, 5) is 0. The molecule has 16 heavy (non-hydrogen) atoms. The standard InChI is InChI=1S/C12H19NO3/c1-8(2)10-5-9(7-13-14)11(15-3)6-12(10)16-4/h5-6,8,13-14H,7H2,1-4H3. The summed E-state index contributed by atoms with van der Waals surface area (Å²) in [6, 6.07) is 3.84. The highest BCUT2D eigenvalue weighted by molar-refractivity contribution is 5.47. The van der Waals surface area contributed by atoms with E-state index in [1.807, 2.05) is 12.1 Å². The molecule has 0 bridgehead atoms. The van der Waals surface area contributed by atoms with Gasteiger partial charge in [-0.25, -0.2) is 5.48 Å². The molecule has 2 N–H and O–H groups in total. The highest BCUT2D eigenvalue weighted by Crippen LogP contribution is 2.33. The van der Waals surface area contributed by atoms with Crippen molar-refractivity contribution < 1.29 is 14.7 Å². The second kappa shape index (κ2) is 5.72. The van der Waals surface area contributed by atoms with E-state index in [2.05, 4.69) is 19.3 Å². The molecule has 0 aliphatic rings. The van der Waals surface area contributed by atoms with E-state index < -0.39 is 0 Å². The van der Waals surface area contributed by atoms with Crippen molar-refractivity contribution in [3.8, 4) is 11.5 Å². The molecule has 0 saturated carbocycles. The molecule has 0 fully saturated rings. The number of ether oxygens (including phenoxy) is 2. The Hall–Kier alpha value is -1.26. The molecule has 0 unspecified atom stereocenters. The van der Waals surface area contributed by atoms with Gasteiger partial charge in [-0.3, -0.25) is 0 Å². The van der Waals surface area contributed by atoms with E-state index in [0.717, 1.165) is 16.9 Å². The maximum Gasteiger partial charge on any atom is 0.127 e. The third kappa shape index (κ3) is 2.65. The minimum Gasteiger partial charge on any atom is -0.496 e. The number of hydroxylamine groups is 1. The van der Waals surface area contributed by atoms with Gasteiger partial charge in [0.25, 0.3) is 0 Å². The van der Waals surface area contributed by atoms with E-state index in [0.29, 0.717) is 18.2 Å². The van der Waals surface area contributed by atoms with Crippen LogP contribution in [0.2, 0.25) is 0 Å². The molecule has 0 aliphatic carbocycles. The van der Waals surface area contributed by atoms with Crippen molar-refractivity contribution in [3.05, 3.63) is 23.3 Å². The van der Waals surface area contributed by atoms with Gasteiger partial charge in [0.2, 0.25) is 0 Å². The van der Waals surface area contributed by atoms with Crippen molar-refractivity contribution >= 4 is 0 Å². The zero-order valence-electron chi connectivity index (χ0n) is 10.2. The molecule has 90 valence electrons. The summed E-state index contributed by atoms with van der Waals surface area (Å²) < 4.78 is 10.6. The van der Waals surface area contributed by atoms with Gasteiger partial charge < -0.3 is 14.7 Å². The Morgan fingerprint density at radius 3 is 2.25 bits per heavy atom. The molecule has 1 aromatic rings. The van der Waals surface area contributed by atoms with Gasteiger partial charge in [-0.15, -0.1) is 0 Å². The Morgan fingerprint density at radius 2 is 1.81 bits per heavy atom. The summed E-state index contributed by atoms with van der Waals surface area (Å²) >= 11 is 0. The monoisotopic (exact) mass is 225 g/mol. The van der Waals surface area contributed by atoms with Crippen LogP contribution in [0.5, 0.6) is 11.5 Å². The Balaban J connectivity index is 3.23. The number of hydrogen-bond donors (Lipinski definition) is 2. The zero-order valence-corrected chi connectivity index (χ0v) is 10.2. The molecule has 0 aromatic heterocycles. The van der Waals surface area contributed by atoms with Gasteiger partial charge in [-0.05, 0) is 17.5 Å². The van der Waals surface area contributed by atoms with E-state index in [1.165, 1.54) is 0 Å². The first-order valence-corrected chi connectivity index (χ1v) is 5.25. The zero-order chi connectivity index (χ0) is 12.1. The Morgan fingerprint density at radius 1 is 1.19 bits per heavy atom. The van der Waals surface area contributed by atoms with Crippen LogP contribution in [0.4, 0.5) is 0 Å². The fourth-order valence-corrected chi connectivity index (χ4v) is 1.67. The van der Waals surface area contributed by atoms with Crippen LogP contribution in [-0.2, 0) is 6.54 Å². The van der Waals surface area contributed by atoms with Crippen molar-refractivity contribution in [2.24, 2.45) is 0 Å². The fraction of sp³-hybridized carbons (Fsp3) is 0.500. The number of rotatable bonds is 5. The summed E-state index contributed by atoms with van der Waals surface area (Å²) in [6.07, 6.45) is 0. The van der Waals surface area contributed by atoms with Crippen molar-refractivity contribution in [3.63, 3.8) is 0 Å². The van der Waals surface area contributed by atoms with Gasteiger partial charge in [-0.1, -0.05) is 13.8 Å². The third-order valence-corrected chi connectivity index (χ3v) is 2.52. The predicted molar refractivity (Wildman–Crippen MR) is 62.3 cm³/mol. The number of benzene rings is 1. The van der Waals surface area contributed by atoms with Crippen molar-refractivity contribution in [2.75, 3.05) is 14.2 Å². The number of hydrogen-bond acceptors (Lipinski definition) is 4. The lowest BCUT2D eigenvalue weighted by molar-refractivity contribution is 0.160. The molecule has 0 radical (unpaired) electrons. The Kier molecular flexibility index (Phi) is 4.58. The topological polar surface area (TPSA) is 50.7 Å². The molecule has 0 heterocycles. The van der Waals surface area contributed by atoms with Crippen LogP contribution >= 0.6 is 0 Å². The lowest BCUT2D eigenvalue weighted by atomic mass is 9.99.